The molecule has 3 nitrogen and oxygen atoms in total. The average molecular weight is 400 g/mol. The number of nitrogens with zero attached hydrogens (tertiary/aromatic N) is 2. The summed E-state index contributed by atoms with van der Waals surface area (Å²) in [6, 6.07) is 35.6. The third kappa shape index (κ3) is 2.63. The first kappa shape index (κ1) is 17.7. The lowest BCUT2D eigenvalue weighted by atomic mass is 10.00. The van der Waals surface area contributed by atoms with Crippen molar-refractivity contribution < 1.29 is 4.74 Å². The summed E-state index contributed by atoms with van der Waals surface area (Å²) in [4.78, 5) is 5.23. The Balaban J connectivity index is 1.88. The SMILES string of the molecule is COc1ccccc1-c1nc2c3ccccc3c3ccccc3c2n1-c1ccccc1. The van der Waals surface area contributed by atoms with Gasteiger partial charge in [0.2, 0.25) is 0 Å². The van der Waals surface area contributed by atoms with Crippen molar-refractivity contribution in [3.8, 4) is 22.8 Å². The Hall–Kier alpha value is -4.11. The van der Waals surface area contributed by atoms with Crippen LogP contribution < -0.4 is 4.74 Å². The molecule has 0 spiro atoms. The van der Waals surface area contributed by atoms with Gasteiger partial charge in [0.05, 0.1) is 23.7 Å². The summed E-state index contributed by atoms with van der Waals surface area (Å²) in [5.41, 5.74) is 4.16. The molecule has 0 unspecified atom stereocenters. The van der Waals surface area contributed by atoms with Crippen molar-refractivity contribution in [1.82, 2.24) is 9.55 Å². The lowest BCUT2D eigenvalue weighted by Crippen LogP contribution is -1.99. The second kappa shape index (κ2) is 6.99. The molecule has 0 bridgehead atoms. The van der Waals surface area contributed by atoms with Crippen molar-refractivity contribution in [3.63, 3.8) is 0 Å². The van der Waals surface area contributed by atoms with Gasteiger partial charge in [-0.3, -0.25) is 4.57 Å². The van der Waals surface area contributed by atoms with Gasteiger partial charge in [0.25, 0.3) is 0 Å². The molecular weight excluding hydrogens is 380 g/mol. The number of benzene rings is 5. The minimum absolute atomic E-state index is 0.809. The van der Waals surface area contributed by atoms with Crippen molar-refractivity contribution in [2.75, 3.05) is 7.11 Å². The Morgan fingerprint density at radius 3 is 1.94 bits per heavy atom. The molecule has 0 amide bonds. The van der Waals surface area contributed by atoms with Gasteiger partial charge in [-0.2, -0.15) is 0 Å². The van der Waals surface area contributed by atoms with E-state index >= 15 is 0 Å². The van der Waals surface area contributed by atoms with E-state index in [1.54, 1.807) is 7.11 Å². The fourth-order valence-electron chi connectivity index (χ4n) is 4.54. The van der Waals surface area contributed by atoms with E-state index in [4.69, 9.17) is 9.72 Å². The quantitative estimate of drug-likeness (QED) is 0.299. The highest BCUT2D eigenvalue weighted by atomic mass is 16.5. The van der Waals surface area contributed by atoms with Crippen LogP contribution in [0.15, 0.2) is 103 Å². The van der Waals surface area contributed by atoms with Crippen molar-refractivity contribution in [2.45, 2.75) is 0 Å². The van der Waals surface area contributed by atoms with Crippen molar-refractivity contribution in [1.29, 1.82) is 0 Å². The van der Waals surface area contributed by atoms with Gasteiger partial charge < -0.3 is 4.74 Å². The number of imidazole rings is 1. The first-order valence-corrected chi connectivity index (χ1v) is 10.4. The molecule has 0 N–H and O–H groups in total. The van der Waals surface area contributed by atoms with Crippen molar-refractivity contribution in [3.05, 3.63) is 103 Å². The lowest BCUT2D eigenvalue weighted by Gasteiger charge is -2.13. The number of hydrogen-bond donors (Lipinski definition) is 0. The van der Waals surface area contributed by atoms with Gasteiger partial charge in [0, 0.05) is 16.5 Å². The molecule has 31 heavy (non-hydrogen) atoms. The minimum Gasteiger partial charge on any atom is -0.496 e. The van der Waals surface area contributed by atoms with Crippen LogP contribution in [-0.4, -0.2) is 16.7 Å². The molecule has 0 fully saturated rings. The Morgan fingerprint density at radius 2 is 1.19 bits per heavy atom. The molecule has 148 valence electrons. The predicted molar refractivity (Wildman–Crippen MR) is 128 cm³/mol. The highest BCUT2D eigenvalue weighted by Crippen LogP contribution is 2.40. The fraction of sp³-hybridized carbons (Fsp3) is 0.0357. The van der Waals surface area contributed by atoms with E-state index in [0.29, 0.717) is 0 Å². The summed E-state index contributed by atoms with van der Waals surface area (Å²) in [6.45, 7) is 0. The summed E-state index contributed by atoms with van der Waals surface area (Å²) < 4.78 is 7.97. The first-order chi connectivity index (χ1) is 15.4. The summed E-state index contributed by atoms with van der Waals surface area (Å²) in [6.07, 6.45) is 0. The molecular formula is C28H20N2O. The van der Waals surface area contributed by atoms with Crippen LogP contribution in [0.3, 0.4) is 0 Å². The fourth-order valence-corrected chi connectivity index (χ4v) is 4.54. The standard InChI is InChI=1S/C28H20N2O/c1-31-25-18-10-9-17-24(25)28-29-26-22-15-7-5-13-20(22)21-14-6-8-16-23(21)27(26)30(28)19-11-3-2-4-12-19/h2-18H,1H3. The zero-order chi connectivity index (χ0) is 20.8. The summed E-state index contributed by atoms with van der Waals surface area (Å²) >= 11 is 0. The molecule has 0 aliphatic heterocycles. The van der Waals surface area contributed by atoms with Crippen LogP contribution in [0.5, 0.6) is 5.75 Å². The van der Waals surface area contributed by atoms with E-state index in [1.165, 1.54) is 16.2 Å². The molecule has 0 saturated heterocycles. The second-order valence-corrected chi connectivity index (χ2v) is 7.60. The van der Waals surface area contributed by atoms with Gasteiger partial charge in [0.15, 0.2) is 0 Å². The second-order valence-electron chi connectivity index (χ2n) is 7.60. The largest absolute Gasteiger partial charge is 0.496 e. The normalized spacial score (nSPS) is 11.4. The molecule has 6 aromatic rings. The molecule has 6 rings (SSSR count). The van der Waals surface area contributed by atoms with E-state index < -0.39 is 0 Å². The molecule has 0 aliphatic carbocycles. The smallest absolute Gasteiger partial charge is 0.149 e. The molecule has 1 aromatic heterocycles. The Labute approximate surface area is 180 Å². The van der Waals surface area contributed by atoms with E-state index in [-0.39, 0.29) is 0 Å². The lowest BCUT2D eigenvalue weighted by molar-refractivity contribution is 0.416. The topological polar surface area (TPSA) is 27.1 Å². The summed E-state index contributed by atoms with van der Waals surface area (Å²) in [7, 11) is 1.71. The third-order valence-corrected chi connectivity index (χ3v) is 5.89. The van der Waals surface area contributed by atoms with Crippen LogP contribution >= 0.6 is 0 Å². The van der Waals surface area contributed by atoms with Crippen LogP contribution in [0.2, 0.25) is 0 Å². The molecule has 0 atom stereocenters. The number of ether oxygens (including phenoxy) is 1. The van der Waals surface area contributed by atoms with Crippen LogP contribution in [0, 0.1) is 0 Å². The highest BCUT2D eigenvalue weighted by molar-refractivity contribution is 6.24. The zero-order valence-corrected chi connectivity index (χ0v) is 17.1. The maximum absolute atomic E-state index is 5.71. The monoisotopic (exact) mass is 400 g/mol. The number of aromatic nitrogens is 2. The number of methoxy groups -OCH3 is 1. The van der Waals surface area contributed by atoms with Crippen LogP contribution in [0.4, 0.5) is 0 Å². The summed E-state index contributed by atoms with van der Waals surface area (Å²) in [5.74, 6) is 1.68. The molecule has 0 saturated carbocycles. The van der Waals surface area contributed by atoms with Crippen LogP contribution in [0.25, 0.3) is 49.7 Å². The van der Waals surface area contributed by atoms with E-state index in [9.17, 15) is 0 Å². The Kier molecular flexibility index (Phi) is 4.00. The number of hydrogen-bond acceptors (Lipinski definition) is 2. The van der Waals surface area contributed by atoms with Gasteiger partial charge in [-0.15, -0.1) is 0 Å². The number of rotatable bonds is 3. The van der Waals surface area contributed by atoms with Crippen LogP contribution in [0.1, 0.15) is 0 Å². The number of fused-ring (bicyclic) bond motifs is 6. The first-order valence-electron chi connectivity index (χ1n) is 10.4. The average Bonchev–Trinajstić information content (AvgIpc) is 3.25. The predicted octanol–water partition coefficient (Wildman–Crippen LogP) is 7.01. The Bertz CT molecular complexity index is 1560. The van der Waals surface area contributed by atoms with Gasteiger partial charge in [-0.1, -0.05) is 78.9 Å². The molecule has 0 radical (unpaired) electrons. The molecule has 1 heterocycles. The van der Waals surface area contributed by atoms with Gasteiger partial charge in [-0.25, -0.2) is 4.98 Å². The van der Waals surface area contributed by atoms with Gasteiger partial charge >= 0.3 is 0 Å². The van der Waals surface area contributed by atoms with Crippen molar-refractivity contribution in [2.24, 2.45) is 0 Å². The van der Waals surface area contributed by atoms with Gasteiger partial charge in [0.1, 0.15) is 11.6 Å². The van der Waals surface area contributed by atoms with Crippen LogP contribution in [-0.2, 0) is 0 Å². The maximum atomic E-state index is 5.71. The van der Waals surface area contributed by atoms with Gasteiger partial charge in [-0.05, 0) is 35.0 Å². The molecule has 0 aliphatic rings. The minimum atomic E-state index is 0.809. The number of para-hydroxylation sites is 2. The summed E-state index contributed by atoms with van der Waals surface area (Å²) in [5, 5.41) is 4.79. The van der Waals surface area contributed by atoms with E-state index in [2.05, 4.69) is 83.4 Å². The van der Waals surface area contributed by atoms with Crippen molar-refractivity contribution >= 4 is 32.6 Å². The third-order valence-electron chi connectivity index (χ3n) is 5.89. The highest BCUT2D eigenvalue weighted by Gasteiger charge is 2.21. The van der Waals surface area contributed by atoms with E-state index in [1.807, 2.05) is 24.3 Å². The molecule has 3 heteroatoms. The van der Waals surface area contributed by atoms with E-state index in [0.717, 1.165) is 39.2 Å². The maximum Gasteiger partial charge on any atom is 0.149 e. The molecule has 5 aromatic carbocycles. The zero-order valence-electron chi connectivity index (χ0n) is 17.1. The Morgan fingerprint density at radius 1 is 0.613 bits per heavy atom.